The van der Waals surface area contributed by atoms with Crippen LogP contribution in [0.5, 0.6) is 5.75 Å². The first kappa shape index (κ1) is 26.3. The Kier molecular flexibility index (Phi) is 6.55. The molecule has 0 atom stereocenters. The zero-order valence-electron chi connectivity index (χ0n) is 21.4. The SMILES string of the molecule is N#Cc1c(-c2ccc(O)cc2F)nc2[nH]nc(-c3ccc(C(F)(F)F)cc3)c2c1-c1ccc(N2CCNCC2)cc1. The van der Waals surface area contributed by atoms with Crippen LogP contribution in [0, 0.1) is 17.1 Å². The van der Waals surface area contributed by atoms with Crippen LogP contribution in [0.25, 0.3) is 44.7 Å². The van der Waals surface area contributed by atoms with Crippen molar-refractivity contribution in [3.8, 4) is 45.5 Å². The predicted molar refractivity (Wildman–Crippen MR) is 147 cm³/mol. The monoisotopic (exact) mass is 558 g/mol. The maximum Gasteiger partial charge on any atom is 0.416 e. The molecule has 1 fully saturated rings. The van der Waals surface area contributed by atoms with Crippen molar-refractivity contribution < 1.29 is 22.7 Å². The van der Waals surface area contributed by atoms with Gasteiger partial charge >= 0.3 is 6.18 Å². The van der Waals surface area contributed by atoms with Gasteiger partial charge in [-0.05, 0) is 42.0 Å². The number of phenols is 1. The summed E-state index contributed by atoms with van der Waals surface area (Å²) in [6.07, 6.45) is -4.50. The van der Waals surface area contributed by atoms with Gasteiger partial charge in [0.1, 0.15) is 23.3 Å². The molecule has 0 saturated carbocycles. The van der Waals surface area contributed by atoms with Gasteiger partial charge in [0, 0.05) is 54.6 Å². The van der Waals surface area contributed by atoms with Crippen LogP contribution in [-0.2, 0) is 6.18 Å². The number of nitrogens with zero attached hydrogens (tertiary/aromatic N) is 4. The molecule has 0 aliphatic carbocycles. The summed E-state index contributed by atoms with van der Waals surface area (Å²) in [5, 5.41) is 31.0. The molecule has 206 valence electrons. The summed E-state index contributed by atoms with van der Waals surface area (Å²) in [6, 6.07) is 17.9. The van der Waals surface area contributed by atoms with Crippen LogP contribution in [0.3, 0.4) is 0 Å². The van der Waals surface area contributed by atoms with Gasteiger partial charge in [0.2, 0.25) is 0 Å². The van der Waals surface area contributed by atoms with E-state index in [1.165, 1.54) is 24.3 Å². The van der Waals surface area contributed by atoms with Gasteiger partial charge in [-0.15, -0.1) is 0 Å². The van der Waals surface area contributed by atoms with Crippen molar-refractivity contribution in [2.75, 3.05) is 31.1 Å². The molecule has 3 N–H and O–H groups in total. The highest BCUT2D eigenvalue weighted by Gasteiger charge is 2.30. The minimum absolute atomic E-state index is 0.00520. The minimum Gasteiger partial charge on any atom is -0.508 e. The highest BCUT2D eigenvalue weighted by atomic mass is 19.4. The number of pyridine rings is 1. The molecule has 1 aliphatic rings. The lowest BCUT2D eigenvalue weighted by atomic mass is 9.91. The van der Waals surface area contributed by atoms with Gasteiger partial charge in [0.25, 0.3) is 0 Å². The van der Waals surface area contributed by atoms with Crippen LogP contribution in [0.15, 0.2) is 66.7 Å². The van der Waals surface area contributed by atoms with Gasteiger partial charge in [-0.3, -0.25) is 5.10 Å². The number of nitrogens with one attached hydrogen (secondary N) is 2. The molecule has 3 aromatic carbocycles. The third kappa shape index (κ3) is 4.83. The molecule has 7 nitrogen and oxygen atoms in total. The lowest BCUT2D eigenvalue weighted by Crippen LogP contribution is -2.43. The van der Waals surface area contributed by atoms with Crippen molar-refractivity contribution in [1.29, 1.82) is 5.26 Å². The second-order valence-electron chi connectivity index (χ2n) is 9.64. The Morgan fingerprint density at radius 3 is 2.22 bits per heavy atom. The molecule has 41 heavy (non-hydrogen) atoms. The number of aromatic hydroxyl groups is 1. The Labute approximate surface area is 231 Å². The molecule has 2 aromatic heterocycles. The van der Waals surface area contributed by atoms with E-state index in [1.54, 1.807) is 0 Å². The third-order valence-electron chi connectivity index (χ3n) is 7.15. The Hall–Kier alpha value is -4.95. The number of alkyl halides is 3. The van der Waals surface area contributed by atoms with Crippen LogP contribution >= 0.6 is 0 Å². The van der Waals surface area contributed by atoms with Crippen LogP contribution in [0.2, 0.25) is 0 Å². The van der Waals surface area contributed by atoms with Gasteiger partial charge < -0.3 is 15.3 Å². The molecule has 6 rings (SSSR count). The topological polar surface area (TPSA) is 101 Å². The predicted octanol–water partition coefficient (Wildman–Crippen LogP) is 6.10. The van der Waals surface area contributed by atoms with E-state index in [0.717, 1.165) is 50.1 Å². The maximum absolute atomic E-state index is 15.0. The Morgan fingerprint density at radius 1 is 0.902 bits per heavy atom. The number of hydrogen-bond donors (Lipinski definition) is 3. The number of H-pyrrole nitrogens is 1. The molecule has 3 heterocycles. The average molecular weight is 559 g/mol. The quantitative estimate of drug-likeness (QED) is 0.231. The van der Waals surface area contributed by atoms with E-state index in [1.807, 2.05) is 24.3 Å². The number of nitriles is 1. The highest BCUT2D eigenvalue weighted by Crippen LogP contribution is 2.42. The molecule has 1 aliphatic heterocycles. The summed E-state index contributed by atoms with van der Waals surface area (Å²) >= 11 is 0. The number of phenolic OH excluding ortho intramolecular Hbond substituents is 1. The van der Waals surface area contributed by atoms with E-state index in [0.29, 0.717) is 27.8 Å². The summed E-state index contributed by atoms with van der Waals surface area (Å²) in [4.78, 5) is 6.76. The molecule has 11 heteroatoms. The summed E-state index contributed by atoms with van der Waals surface area (Å²) < 4.78 is 54.6. The normalized spacial score (nSPS) is 13.9. The van der Waals surface area contributed by atoms with Crippen LogP contribution < -0.4 is 10.2 Å². The smallest absolute Gasteiger partial charge is 0.416 e. The summed E-state index contributed by atoms with van der Waals surface area (Å²) in [6.45, 7) is 3.40. The van der Waals surface area contributed by atoms with Crippen LogP contribution in [0.4, 0.5) is 23.2 Å². The van der Waals surface area contributed by atoms with Crippen LogP contribution in [-0.4, -0.2) is 46.5 Å². The number of hydrogen-bond acceptors (Lipinski definition) is 6. The number of fused-ring (bicyclic) bond motifs is 1. The summed E-state index contributed by atoms with van der Waals surface area (Å²) in [5.74, 6) is -1.04. The molecule has 0 radical (unpaired) electrons. The Balaban J connectivity index is 1.58. The minimum atomic E-state index is -4.50. The zero-order valence-corrected chi connectivity index (χ0v) is 21.4. The molecule has 5 aromatic rings. The fourth-order valence-corrected chi connectivity index (χ4v) is 5.14. The first-order chi connectivity index (χ1) is 19.7. The fraction of sp³-hybridized carbons (Fsp3) is 0.167. The van der Waals surface area contributed by atoms with E-state index in [4.69, 9.17) is 0 Å². The highest BCUT2D eigenvalue weighted by molar-refractivity contribution is 6.06. The van der Waals surface area contributed by atoms with E-state index >= 15 is 4.39 Å². The molecule has 0 unspecified atom stereocenters. The maximum atomic E-state index is 15.0. The van der Waals surface area contributed by atoms with Crippen molar-refractivity contribution in [1.82, 2.24) is 20.5 Å². The van der Waals surface area contributed by atoms with Gasteiger partial charge in [0.05, 0.1) is 22.2 Å². The van der Waals surface area contributed by atoms with Crippen molar-refractivity contribution in [2.24, 2.45) is 0 Å². The van der Waals surface area contributed by atoms with Gasteiger partial charge in [-0.25, -0.2) is 9.37 Å². The van der Waals surface area contributed by atoms with E-state index in [-0.39, 0.29) is 28.2 Å². The number of halogens is 4. The molecule has 0 spiro atoms. The standard InChI is InChI=1S/C30H22F4N6O/c31-24-15-21(41)9-10-22(24)28-23(16-35)25(17-3-7-20(8-4-17)40-13-11-36-12-14-40)26-27(38-39-29(26)37-28)18-1-5-19(6-2-18)30(32,33)34/h1-10,15,36,41H,11-14H2,(H,37,38,39). The largest absolute Gasteiger partial charge is 0.508 e. The summed E-state index contributed by atoms with van der Waals surface area (Å²) in [7, 11) is 0. The number of rotatable bonds is 4. The first-order valence-electron chi connectivity index (χ1n) is 12.8. The van der Waals surface area contributed by atoms with Crippen LogP contribution in [0.1, 0.15) is 11.1 Å². The third-order valence-corrected chi connectivity index (χ3v) is 7.15. The molecule has 1 saturated heterocycles. The van der Waals surface area contributed by atoms with Gasteiger partial charge in [0.15, 0.2) is 5.65 Å². The Bertz CT molecular complexity index is 1780. The molecular weight excluding hydrogens is 536 g/mol. The second-order valence-corrected chi connectivity index (χ2v) is 9.64. The van der Waals surface area contributed by atoms with E-state index in [9.17, 15) is 23.5 Å². The lowest BCUT2D eigenvalue weighted by Gasteiger charge is -2.29. The number of aromatic nitrogens is 3. The number of benzene rings is 3. The lowest BCUT2D eigenvalue weighted by molar-refractivity contribution is -0.137. The summed E-state index contributed by atoms with van der Waals surface area (Å²) in [5.41, 5.74) is 2.26. The van der Waals surface area contributed by atoms with Crippen molar-refractivity contribution in [3.63, 3.8) is 0 Å². The molecule has 0 bridgehead atoms. The molecule has 0 amide bonds. The number of anilines is 1. The van der Waals surface area contributed by atoms with Gasteiger partial charge in [-0.1, -0.05) is 24.3 Å². The first-order valence-corrected chi connectivity index (χ1v) is 12.8. The van der Waals surface area contributed by atoms with Crippen molar-refractivity contribution in [3.05, 3.63) is 83.7 Å². The number of aromatic amines is 1. The van der Waals surface area contributed by atoms with E-state index in [2.05, 4.69) is 31.5 Å². The van der Waals surface area contributed by atoms with E-state index < -0.39 is 17.6 Å². The van der Waals surface area contributed by atoms with Crippen molar-refractivity contribution in [2.45, 2.75) is 6.18 Å². The van der Waals surface area contributed by atoms with Gasteiger partial charge in [-0.2, -0.15) is 23.5 Å². The second kappa shape index (κ2) is 10.2. The Morgan fingerprint density at radius 2 is 1.59 bits per heavy atom. The average Bonchev–Trinajstić information content (AvgIpc) is 3.40. The number of piperazine rings is 1. The molecular formula is C30H22F4N6O. The van der Waals surface area contributed by atoms with Crippen molar-refractivity contribution >= 4 is 16.7 Å². The zero-order chi connectivity index (χ0) is 28.7. The fourth-order valence-electron chi connectivity index (χ4n) is 5.14.